The molecule has 0 saturated heterocycles. The zero-order chi connectivity index (χ0) is 13.8. The first-order chi connectivity index (χ1) is 9.83. The van der Waals surface area contributed by atoms with E-state index in [0.29, 0.717) is 23.9 Å². The molecule has 0 aliphatic carbocycles. The maximum Gasteiger partial charge on any atom is 0.219 e. The lowest BCUT2D eigenvalue weighted by Crippen LogP contribution is -2.02. The Morgan fingerprint density at radius 1 is 1.15 bits per heavy atom. The SMILES string of the molecule is Fc1ccccc1CNc1nc(-c2cccnc2)n[nH]1. The van der Waals surface area contributed by atoms with Gasteiger partial charge in [0.25, 0.3) is 0 Å². The van der Waals surface area contributed by atoms with Crippen molar-refractivity contribution in [1.29, 1.82) is 0 Å². The smallest absolute Gasteiger partial charge is 0.219 e. The minimum atomic E-state index is -0.244. The van der Waals surface area contributed by atoms with Crippen LogP contribution >= 0.6 is 0 Å². The lowest BCUT2D eigenvalue weighted by atomic mass is 10.2. The predicted octanol–water partition coefficient (Wildman–Crippen LogP) is 2.62. The maximum absolute atomic E-state index is 13.5. The number of nitrogens with zero attached hydrogens (tertiary/aromatic N) is 3. The van der Waals surface area contributed by atoms with Crippen LogP contribution in [0.2, 0.25) is 0 Å². The first kappa shape index (κ1) is 12.3. The molecule has 1 aromatic carbocycles. The molecule has 0 saturated carbocycles. The highest BCUT2D eigenvalue weighted by Gasteiger charge is 2.06. The second-order valence-electron chi connectivity index (χ2n) is 4.19. The highest BCUT2D eigenvalue weighted by Crippen LogP contribution is 2.14. The van der Waals surface area contributed by atoms with Gasteiger partial charge >= 0.3 is 0 Å². The molecule has 3 rings (SSSR count). The number of benzene rings is 1. The topological polar surface area (TPSA) is 66.5 Å². The third-order valence-corrected chi connectivity index (χ3v) is 2.81. The summed E-state index contributed by atoms with van der Waals surface area (Å²) < 4.78 is 13.5. The van der Waals surface area contributed by atoms with Gasteiger partial charge in [-0.15, -0.1) is 0 Å². The van der Waals surface area contributed by atoms with Crippen LogP contribution in [0.5, 0.6) is 0 Å². The first-order valence-corrected chi connectivity index (χ1v) is 6.13. The minimum absolute atomic E-state index is 0.244. The zero-order valence-corrected chi connectivity index (χ0v) is 10.5. The molecule has 0 amide bonds. The summed E-state index contributed by atoms with van der Waals surface area (Å²) in [6.45, 7) is 0.342. The lowest BCUT2D eigenvalue weighted by molar-refractivity contribution is 0.612. The molecule has 0 atom stereocenters. The summed E-state index contributed by atoms with van der Waals surface area (Å²) in [6.07, 6.45) is 3.37. The highest BCUT2D eigenvalue weighted by molar-refractivity contribution is 5.54. The van der Waals surface area contributed by atoms with Gasteiger partial charge in [0.2, 0.25) is 5.95 Å². The molecule has 0 aliphatic heterocycles. The number of H-pyrrole nitrogens is 1. The van der Waals surface area contributed by atoms with E-state index < -0.39 is 0 Å². The molecule has 2 N–H and O–H groups in total. The van der Waals surface area contributed by atoms with E-state index in [0.717, 1.165) is 5.56 Å². The van der Waals surface area contributed by atoms with Crippen molar-refractivity contribution in [3.63, 3.8) is 0 Å². The van der Waals surface area contributed by atoms with Crippen LogP contribution in [-0.2, 0) is 6.54 Å². The van der Waals surface area contributed by atoms with E-state index in [4.69, 9.17) is 0 Å². The van der Waals surface area contributed by atoms with Crippen molar-refractivity contribution in [2.24, 2.45) is 0 Å². The van der Waals surface area contributed by atoms with Crippen molar-refractivity contribution in [3.8, 4) is 11.4 Å². The molecular weight excluding hydrogens is 257 g/mol. The molecule has 0 bridgehead atoms. The number of aromatic amines is 1. The number of aromatic nitrogens is 4. The number of nitrogens with one attached hydrogen (secondary N) is 2. The molecule has 2 aromatic heterocycles. The highest BCUT2D eigenvalue weighted by atomic mass is 19.1. The van der Waals surface area contributed by atoms with Gasteiger partial charge in [0.1, 0.15) is 5.82 Å². The first-order valence-electron chi connectivity index (χ1n) is 6.13. The minimum Gasteiger partial charge on any atom is -0.350 e. The Kier molecular flexibility index (Phi) is 3.36. The molecule has 3 aromatic rings. The summed E-state index contributed by atoms with van der Waals surface area (Å²) in [7, 11) is 0. The number of hydrogen-bond acceptors (Lipinski definition) is 4. The number of hydrogen-bond donors (Lipinski definition) is 2. The second-order valence-corrected chi connectivity index (χ2v) is 4.19. The fourth-order valence-corrected chi connectivity index (χ4v) is 1.79. The van der Waals surface area contributed by atoms with Gasteiger partial charge in [-0.3, -0.25) is 4.98 Å². The molecule has 0 unspecified atom stereocenters. The fourth-order valence-electron chi connectivity index (χ4n) is 1.79. The third kappa shape index (κ3) is 2.64. The van der Waals surface area contributed by atoms with Gasteiger partial charge in [-0.05, 0) is 18.2 Å². The summed E-state index contributed by atoms with van der Waals surface area (Å²) >= 11 is 0. The Bertz CT molecular complexity index is 696. The van der Waals surface area contributed by atoms with Crippen LogP contribution < -0.4 is 5.32 Å². The van der Waals surface area contributed by atoms with E-state index in [1.54, 1.807) is 30.6 Å². The molecule has 0 aliphatic rings. The van der Waals surface area contributed by atoms with Crippen LogP contribution in [0.25, 0.3) is 11.4 Å². The summed E-state index contributed by atoms with van der Waals surface area (Å²) in [6, 6.07) is 10.3. The number of rotatable bonds is 4. The largest absolute Gasteiger partial charge is 0.350 e. The number of pyridine rings is 1. The van der Waals surface area contributed by atoms with Gasteiger partial charge in [-0.2, -0.15) is 10.1 Å². The molecule has 6 heteroatoms. The van der Waals surface area contributed by atoms with Gasteiger partial charge in [0, 0.05) is 30.1 Å². The van der Waals surface area contributed by atoms with E-state index in [1.165, 1.54) is 6.07 Å². The molecule has 20 heavy (non-hydrogen) atoms. The van der Waals surface area contributed by atoms with Crippen LogP contribution in [0.3, 0.4) is 0 Å². The standard InChI is InChI=1S/C14H12FN5/c15-12-6-2-1-4-10(12)9-17-14-18-13(19-20-14)11-5-3-7-16-8-11/h1-8H,9H2,(H2,17,18,19,20). The Morgan fingerprint density at radius 3 is 2.85 bits per heavy atom. The number of halogens is 1. The van der Waals surface area contributed by atoms with Crippen molar-refractivity contribution < 1.29 is 4.39 Å². The van der Waals surface area contributed by atoms with Crippen LogP contribution in [0.1, 0.15) is 5.56 Å². The summed E-state index contributed by atoms with van der Waals surface area (Å²) in [5.41, 5.74) is 1.40. The Hall–Kier alpha value is -2.76. The van der Waals surface area contributed by atoms with Gasteiger partial charge in [0.05, 0.1) is 0 Å². The average Bonchev–Trinajstić information content (AvgIpc) is 2.96. The van der Waals surface area contributed by atoms with Gasteiger partial charge in [0.15, 0.2) is 5.82 Å². The molecule has 2 heterocycles. The molecule has 0 spiro atoms. The van der Waals surface area contributed by atoms with E-state index in [1.807, 2.05) is 12.1 Å². The van der Waals surface area contributed by atoms with E-state index in [9.17, 15) is 4.39 Å². The van der Waals surface area contributed by atoms with E-state index in [2.05, 4.69) is 25.5 Å². The zero-order valence-electron chi connectivity index (χ0n) is 10.5. The Morgan fingerprint density at radius 2 is 2.05 bits per heavy atom. The van der Waals surface area contributed by atoms with Crippen molar-refractivity contribution in [2.45, 2.75) is 6.54 Å². The monoisotopic (exact) mass is 269 g/mol. The molecule has 0 radical (unpaired) electrons. The molecular formula is C14H12FN5. The summed E-state index contributed by atoms with van der Waals surface area (Å²) in [4.78, 5) is 8.30. The van der Waals surface area contributed by atoms with Gasteiger partial charge in [-0.25, -0.2) is 9.49 Å². The van der Waals surface area contributed by atoms with Crippen LogP contribution in [-0.4, -0.2) is 20.2 Å². The van der Waals surface area contributed by atoms with Crippen LogP contribution in [0.4, 0.5) is 10.3 Å². The van der Waals surface area contributed by atoms with Crippen LogP contribution in [0, 0.1) is 5.82 Å². The van der Waals surface area contributed by atoms with Crippen LogP contribution in [0.15, 0.2) is 48.8 Å². The Labute approximate surface area is 114 Å². The molecule has 0 fully saturated rings. The van der Waals surface area contributed by atoms with E-state index >= 15 is 0 Å². The normalized spacial score (nSPS) is 10.4. The molecule has 5 nitrogen and oxygen atoms in total. The maximum atomic E-state index is 13.5. The number of anilines is 1. The fraction of sp³-hybridized carbons (Fsp3) is 0.0714. The lowest BCUT2D eigenvalue weighted by Gasteiger charge is -2.03. The Balaban J connectivity index is 1.71. The quantitative estimate of drug-likeness (QED) is 0.764. The predicted molar refractivity (Wildman–Crippen MR) is 73.3 cm³/mol. The van der Waals surface area contributed by atoms with E-state index in [-0.39, 0.29) is 5.82 Å². The summed E-state index contributed by atoms with van der Waals surface area (Å²) in [5, 5.41) is 9.86. The van der Waals surface area contributed by atoms with Crippen molar-refractivity contribution in [3.05, 3.63) is 60.2 Å². The van der Waals surface area contributed by atoms with Gasteiger partial charge < -0.3 is 5.32 Å². The third-order valence-electron chi connectivity index (χ3n) is 2.81. The van der Waals surface area contributed by atoms with Crippen molar-refractivity contribution in [1.82, 2.24) is 20.2 Å². The van der Waals surface area contributed by atoms with Crippen molar-refractivity contribution in [2.75, 3.05) is 5.32 Å². The van der Waals surface area contributed by atoms with Gasteiger partial charge in [-0.1, -0.05) is 18.2 Å². The molecule has 100 valence electrons. The second kappa shape index (κ2) is 5.48. The van der Waals surface area contributed by atoms with Crippen molar-refractivity contribution >= 4 is 5.95 Å². The summed E-state index contributed by atoms with van der Waals surface area (Å²) in [5.74, 6) is 0.799. The average molecular weight is 269 g/mol.